The number of carbonyl (C=O) groups is 4. The molecule has 0 unspecified atom stereocenters. The molecule has 58 heavy (non-hydrogen) atoms. The third-order valence-electron chi connectivity index (χ3n) is 8.33. The molecule has 5 aromatic rings. The fourth-order valence-corrected chi connectivity index (χ4v) is 8.70. The number of thioether (sulfide) groups is 2. The smallest absolute Gasteiger partial charge is 1.00 e. The number of nitrogens with two attached hydrogens (primary N) is 1. The number of carboxylic acids is 1. The van der Waals surface area contributed by atoms with Crippen molar-refractivity contribution in [1.82, 2.24) is 34.8 Å². The summed E-state index contributed by atoms with van der Waals surface area (Å²) in [7, 11) is 0. The molecule has 1 fully saturated rings. The van der Waals surface area contributed by atoms with Crippen molar-refractivity contribution in [2.45, 2.75) is 36.6 Å². The molecule has 2 atom stereocenters. The normalized spacial score (nSPS) is 16.3. The van der Waals surface area contributed by atoms with Gasteiger partial charge in [-0.2, -0.15) is 9.50 Å². The Morgan fingerprint density at radius 1 is 1.03 bits per heavy atom. The third-order valence-corrected chi connectivity index (χ3v) is 11.4. The first-order chi connectivity index (χ1) is 27.3. The number of hydrogen-bond donors (Lipinski definition) is 7. The molecule has 296 valence electrons. The van der Waals surface area contributed by atoms with Crippen molar-refractivity contribution in [3.8, 4) is 23.0 Å². The Balaban J connectivity index is 0.00000331. The molecule has 5 heterocycles. The van der Waals surface area contributed by atoms with Crippen molar-refractivity contribution < 1.29 is 85.3 Å². The predicted molar refractivity (Wildman–Crippen MR) is 204 cm³/mol. The van der Waals surface area contributed by atoms with Crippen molar-refractivity contribution in [3.63, 3.8) is 0 Å². The SMILES string of the molecule is Cc1cc(SCC2=C(C(=O)O)N3C(=O)[C@@H](NC(=O)/C(=N\OCc4ccc(O)c(O)c4)c4csc(N)n4)[C@H]3SC2)n2nc(COC(=O)c3ccc(O)c(O)c3)nc2n1.[H-].[Na+]. The van der Waals surface area contributed by atoms with Crippen LogP contribution in [0.3, 0.4) is 0 Å². The number of aromatic hydroxyl groups is 4. The summed E-state index contributed by atoms with van der Waals surface area (Å²) in [6.07, 6.45) is 0. The van der Waals surface area contributed by atoms with Crippen molar-refractivity contribution in [1.29, 1.82) is 0 Å². The van der Waals surface area contributed by atoms with Gasteiger partial charge >= 0.3 is 41.5 Å². The third kappa shape index (κ3) is 8.78. The molecule has 20 nitrogen and oxygen atoms in total. The molecule has 2 aromatic carbocycles. The van der Waals surface area contributed by atoms with Crippen LogP contribution in [-0.4, -0.2) is 107 Å². The van der Waals surface area contributed by atoms with Gasteiger partial charge in [-0.05, 0) is 54.5 Å². The first kappa shape index (κ1) is 42.0. The van der Waals surface area contributed by atoms with E-state index in [9.17, 15) is 44.7 Å². The van der Waals surface area contributed by atoms with Gasteiger partial charge < -0.3 is 47.6 Å². The number of benzene rings is 2. The van der Waals surface area contributed by atoms with Crippen molar-refractivity contribution >= 4 is 75.2 Å². The molecular formula is C34H30N9NaO11S3. The minimum atomic E-state index is -1.33. The fourth-order valence-electron chi connectivity index (χ4n) is 5.62. The quantitative estimate of drug-likeness (QED) is 0.0112. The summed E-state index contributed by atoms with van der Waals surface area (Å²) in [5.41, 5.74) is 6.80. The molecule has 2 amide bonds. The van der Waals surface area contributed by atoms with Gasteiger partial charge in [0.15, 0.2) is 46.3 Å². The summed E-state index contributed by atoms with van der Waals surface area (Å²) < 4.78 is 6.69. The van der Waals surface area contributed by atoms with Crippen LogP contribution in [0.1, 0.15) is 34.6 Å². The summed E-state index contributed by atoms with van der Waals surface area (Å²) in [5, 5.41) is 61.1. The number of ether oxygens (including phenoxy) is 1. The van der Waals surface area contributed by atoms with Gasteiger partial charge in [-0.25, -0.2) is 19.6 Å². The first-order valence-corrected chi connectivity index (χ1v) is 19.4. The van der Waals surface area contributed by atoms with Crippen LogP contribution in [0.4, 0.5) is 5.13 Å². The van der Waals surface area contributed by atoms with Gasteiger partial charge in [0.05, 0.1) is 5.56 Å². The second-order valence-corrected chi connectivity index (χ2v) is 15.3. The van der Waals surface area contributed by atoms with Gasteiger partial charge in [0.1, 0.15) is 34.4 Å². The minimum absolute atomic E-state index is 0. The van der Waals surface area contributed by atoms with E-state index in [1.54, 1.807) is 13.0 Å². The number of aromatic nitrogens is 5. The number of oxime groups is 1. The molecule has 0 radical (unpaired) electrons. The molecule has 0 aliphatic carbocycles. The van der Waals surface area contributed by atoms with Crippen LogP contribution in [0, 0.1) is 6.92 Å². The minimum Gasteiger partial charge on any atom is -1.00 e. The van der Waals surface area contributed by atoms with Crippen LogP contribution >= 0.6 is 34.9 Å². The molecule has 8 N–H and O–H groups in total. The van der Waals surface area contributed by atoms with E-state index in [0.717, 1.165) is 28.4 Å². The summed E-state index contributed by atoms with van der Waals surface area (Å²) in [6.45, 7) is 1.20. The van der Waals surface area contributed by atoms with Crippen LogP contribution in [0.25, 0.3) is 5.78 Å². The van der Waals surface area contributed by atoms with Crippen molar-refractivity contribution in [3.05, 3.63) is 87.5 Å². The Hall–Kier alpha value is -5.59. The number of nitrogens with one attached hydrogen (secondary N) is 1. The topological polar surface area (TPSA) is 298 Å². The largest absolute Gasteiger partial charge is 1.00 e. The number of carbonyl (C=O) groups excluding carboxylic acids is 3. The maximum absolute atomic E-state index is 13.5. The fraction of sp³-hybridized carbons (Fsp3) is 0.206. The van der Waals surface area contributed by atoms with E-state index >= 15 is 0 Å². The van der Waals surface area contributed by atoms with E-state index in [2.05, 4.69) is 30.5 Å². The Morgan fingerprint density at radius 2 is 1.78 bits per heavy atom. The molecule has 0 saturated carbocycles. The van der Waals surface area contributed by atoms with Gasteiger partial charge in [-0.1, -0.05) is 11.2 Å². The van der Waals surface area contributed by atoms with Gasteiger partial charge in [0, 0.05) is 22.6 Å². The van der Waals surface area contributed by atoms with E-state index in [0.29, 0.717) is 21.9 Å². The van der Waals surface area contributed by atoms with E-state index in [4.69, 9.17) is 15.3 Å². The number of esters is 1. The first-order valence-electron chi connectivity index (χ1n) is 16.5. The Kier molecular flexibility index (Phi) is 12.7. The molecule has 7 rings (SSSR count). The second kappa shape index (κ2) is 17.5. The zero-order valence-corrected chi connectivity index (χ0v) is 34.7. The molecule has 2 aliphatic heterocycles. The number of aliphatic carboxylic acids is 1. The maximum atomic E-state index is 13.5. The Labute approximate surface area is 362 Å². The number of β-lactam (4-membered cyclic amide) rings is 1. The monoisotopic (exact) mass is 859 g/mol. The number of nitrogens with zero attached hydrogens (tertiary/aromatic N) is 7. The number of aryl methyl sites for hydroxylation is 1. The van der Waals surface area contributed by atoms with Gasteiger partial charge in [-0.3, -0.25) is 14.5 Å². The number of hydrogen-bond acceptors (Lipinski definition) is 19. The summed E-state index contributed by atoms with van der Waals surface area (Å²) in [5.74, 6) is -4.52. The molecule has 0 bridgehead atoms. The number of amides is 2. The van der Waals surface area contributed by atoms with Crippen LogP contribution < -0.4 is 40.6 Å². The maximum Gasteiger partial charge on any atom is 1.00 e. The number of carboxylic acid groups (broad SMARTS) is 1. The van der Waals surface area contributed by atoms with Crippen LogP contribution in [0.15, 0.2) is 69.3 Å². The molecule has 1 saturated heterocycles. The van der Waals surface area contributed by atoms with Gasteiger partial charge in [0.25, 0.3) is 17.6 Å². The number of fused-ring (bicyclic) bond motifs is 2. The summed E-state index contributed by atoms with van der Waals surface area (Å²) in [6, 6.07) is 8.10. The number of phenols is 4. The van der Waals surface area contributed by atoms with Gasteiger partial charge in [0.2, 0.25) is 0 Å². The molecule has 24 heteroatoms. The van der Waals surface area contributed by atoms with E-state index in [-0.39, 0.29) is 107 Å². The summed E-state index contributed by atoms with van der Waals surface area (Å²) in [4.78, 5) is 71.4. The molecule has 3 aromatic heterocycles. The Morgan fingerprint density at radius 3 is 2.47 bits per heavy atom. The zero-order chi connectivity index (χ0) is 40.5. The number of nitrogen functional groups attached to an aromatic ring is 1. The van der Waals surface area contributed by atoms with Crippen molar-refractivity contribution in [2.24, 2.45) is 5.16 Å². The average Bonchev–Trinajstić information content (AvgIpc) is 3.80. The Bertz CT molecular complexity index is 2540. The van der Waals surface area contributed by atoms with Gasteiger partial charge in [-0.15, -0.1) is 40.0 Å². The molecule has 0 spiro atoms. The zero-order valence-electron chi connectivity index (χ0n) is 31.2. The van der Waals surface area contributed by atoms with Crippen LogP contribution in [0.5, 0.6) is 23.0 Å². The number of anilines is 1. The van der Waals surface area contributed by atoms with E-state index < -0.39 is 46.7 Å². The number of rotatable bonds is 13. The van der Waals surface area contributed by atoms with E-state index in [1.165, 1.54) is 57.7 Å². The number of thiazole rings is 1. The van der Waals surface area contributed by atoms with Crippen LogP contribution in [0.2, 0.25) is 0 Å². The number of phenolic OH excluding ortho intramolecular Hbond substituents is 4. The average molecular weight is 860 g/mol. The standard InChI is InChI=1S/C34H29N9O11S3.Na.H/c1-14-6-24(43-34(36-14)38-23(40-43)10-53-32(52)16-3-5-20(45)22(47)8-16)55-11-17-12-56-30-26(29(49)42(30)27(17)31(50)51)39-28(48)25(18-13-57-33(35)37-18)41-54-9-15-2-4-19(44)21(46)7-15;;/h2-8,13,26,30,44-47H,9-12H2,1H3,(H2,35,37)(H,39,48)(H,50,51);;/q;+1;-1/b41-25-;;/t26-,30-;;/m1../s1. The predicted octanol–water partition coefficient (Wildman–Crippen LogP) is -0.781. The van der Waals surface area contributed by atoms with Crippen molar-refractivity contribution in [2.75, 3.05) is 17.2 Å². The van der Waals surface area contributed by atoms with Crippen LogP contribution in [-0.2, 0) is 37.2 Å². The van der Waals surface area contributed by atoms with E-state index in [1.807, 2.05) is 0 Å². The molecular weight excluding hydrogens is 830 g/mol. The second-order valence-electron chi connectivity index (χ2n) is 12.3. The molecule has 2 aliphatic rings. The summed E-state index contributed by atoms with van der Waals surface area (Å²) >= 11 is 3.54.